The van der Waals surface area contributed by atoms with E-state index in [9.17, 15) is 5.11 Å². The molecule has 0 unspecified atom stereocenters. The first-order valence-electron chi connectivity index (χ1n) is 4.31. The molecule has 1 saturated heterocycles. The summed E-state index contributed by atoms with van der Waals surface area (Å²) in [6.45, 7) is 5.41. The first kappa shape index (κ1) is 9.12. The summed E-state index contributed by atoms with van der Waals surface area (Å²) >= 11 is 1.67. The second-order valence-corrected chi connectivity index (χ2v) is 4.80. The second kappa shape index (κ2) is 3.04. The van der Waals surface area contributed by atoms with E-state index in [1.54, 1.807) is 11.3 Å². The van der Waals surface area contributed by atoms with E-state index in [4.69, 9.17) is 4.74 Å². The maximum absolute atomic E-state index is 9.28. The van der Waals surface area contributed by atoms with Gasteiger partial charge in [-0.1, -0.05) is 0 Å². The minimum absolute atomic E-state index is 0.138. The zero-order valence-electron chi connectivity index (χ0n) is 7.83. The summed E-state index contributed by atoms with van der Waals surface area (Å²) in [5, 5.41) is 10.3. The number of aryl methyl sites for hydroxylation is 2. The molecule has 1 aliphatic rings. The SMILES string of the molecule is Cc1nc(C2(CO)COC2)sc1C. The fourth-order valence-corrected chi connectivity index (χ4v) is 2.40. The Morgan fingerprint density at radius 1 is 1.54 bits per heavy atom. The largest absolute Gasteiger partial charge is 0.395 e. The van der Waals surface area contributed by atoms with Gasteiger partial charge in [0.25, 0.3) is 0 Å². The number of hydrogen-bond acceptors (Lipinski definition) is 4. The van der Waals surface area contributed by atoms with Gasteiger partial charge in [0.15, 0.2) is 0 Å². The number of ether oxygens (including phenoxy) is 1. The van der Waals surface area contributed by atoms with Gasteiger partial charge < -0.3 is 9.84 Å². The molecule has 0 spiro atoms. The molecule has 0 radical (unpaired) electrons. The third-order valence-electron chi connectivity index (χ3n) is 2.54. The topological polar surface area (TPSA) is 42.4 Å². The van der Waals surface area contributed by atoms with Crippen LogP contribution in [0.4, 0.5) is 0 Å². The Labute approximate surface area is 81.4 Å². The molecule has 1 aromatic heterocycles. The van der Waals surface area contributed by atoms with Gasteiger partial charge in [-0.3, -0.25) is 0 Å². The first-order valence-corrected chi connectivity index (χ1v) is 5.13. The van der Waals surface area contributed by atoms with Gasteiger partial charge in [-0.05, 0) is 13.8 Å². The summed E-state index contributed by atoms with van der Waals surface area (Å²) in [5.41, 5.74) is 0.878. The summed E-state index contributed by atoms with van der Waals surface area (Å²) in [4.78, 5) is 5.68. The van der Waals surface area contributed by atoms with E-state index in [1.807, 2.05) is 6.92 Å². The van der Waals surface area contributed by atoms with E-state index in [-0.39, 0.29) is 12.0 Å². The number of hydrogen-bond donors (Lipinski definition) is 1. The molecule has 13 heavy (non-hydrogen) atoms. The highest BCUT2D eigenvalue weighted by Gasteiger charge is 2.42. The smallest absolute Gasteiger partial charge is 0.106 e. The zero-order valence-corrected chi connectivity index (χ0v) is 8.65. The molecule has 0 atom stereocenters. The van der Waals surface area contributed by atoms with E-state index in [0.29, 0.717) is 13.2 Å². The van der Waals surface area contributed by atoms with Crippen molar-refractivity contribution in [2.45, 2.75) is 19.3 Å². The van der Waals surface area contributed by atoms with E-state index in [2.05, 4.69) is 11.9 Å². The Morgan fingerprint density at radius 2 is 2.23 bits per heavy atom. The minimum atomic E-state index is -0.191. The number of rotatable bonds is 2. The summed E-state index contributed by atoms with van der Waals surface area (Å²) in [6, 6.07) is 0. The number of aromatic nitrogens is 1. The molecule has 0 aliphatic carbocycles. The van der Waals surface area contributed by atoms with Crippen molar-refractivity contribution in [2.24, 2.45) is 0 Å². The first-order chi connectivity index (χ1) is 6.18. The van der Waals surface area contributed by atoms with Crippen LogP contribution in [0.15, 0.2) is 0 Å². The van der Waals surface area contributed by atoms with Crippen LogP contribution in [0.2, 0.25) is 0 Å². The van der Waals surface area contributed by atoms with Gasteiger partial charge in [-0.15, -0.1) is 11.3 Å². The van der Waals surface area contributed by atoms with E-state index in [0.717, 1.165) is 10.7 Å². The van der Waals surface area contributed by atoms with Crippen molar-refractivity contribution in [3.05, 3.63) is 15.6 Å². The third-order valence-corrected chi connectivity index (χ3v) is 3.86. The fourth-order valence-electron chi connectivity index (χ4n) is 1.33. The number of aliphatic hydroxyl groups excluding tert-OH is 1. The molecule has 1 aliphatic heterocycles. The molecule has 72 valence electrons. The number of thiazole rings is 1. The van der Waals surface area contributed by atoms with Crippen molar-refractivity contribution >= 4 is 11.3 Å². The number of nitrogens with zero attached hydrogens (tertiary/aromatic N) is 1. The van der Waals surface area contributed by atoms with E-state index >= 15 is 0 Å². The van der Waals surface area contributed by atoms with Crippen LogP contribution in [-0.2, 0) is 10.2 Å². The van der Waals surface area contributed by atoms with Gasteiger partial charge in [-0.25, -0.2) is 4.98 Å². The van der Waals surface area contributed by atoms with Crippen LogP contribution in [0, 0.1) is 13.8 Å². The summed E-state index contributed by atoms with van der Waals surface area (Å²) < 4.78 is 5.14. The van der Waals surface area contributed by atoms with Crippen molar-refractivity contribution in [1.82, 2.24) is 4.98 Å². The summed E-state index contributed by atoms with van der Waals surface area (Å²) in [6.07, 6.45) is 0. The van der Waals surface area contributed by atoms with Gasteiger partial charge in [0.2, 0.25) is 0 Å². The average molecular weight is 199 g/mol. The molecule has 2 rings (SSSR count). The Bertz CT molecular complexity index is 292. The predicted molar refractivity (Wildman–Crippen MR) is 51.2 cm³/mol. The van der Waals surface area contributed by atoms with Gasteiger partial charge in [0.1, 0.15) is 5.01 Å². The summed E-state index contributed by atoms with van der Waals surface area (Å²) in [5.74, 6) is 0. The van der Waals surface area contributed by atoms with Crippen molar-refractivity contribution in [2.75, 3.05) is 19.8 Å². The van der Waals surface area contributed by atoms with Crippen LogP contribution in [0.25, 0.3) is 0 Å². The fraction of sp³-hybridized carbons (Fsp3) is 0.667. The molecular formula is C9H13NO2S. The van der Waals surface area contributed by atoms with Crippen LogP contribution in [0.5, 0.6) is 0 Å². The Hall–Kier alpha value is -0.450. The van der Waals surface area contributed by atoms with Crippen molar-refractivity contribution in [3.8, 4) is 0 Å². The maximum atomic E-state index is 9.28. The van der Waals surface area contributed by atoms with Crippen molar-refractivity contribution in [3.63, 3.8) is 0 Å². The average Bonchev–Trinajstić information content (AvgIpc) is 2.31. The van der Waals surface area contributed by atoms with Crippen LogP contribution in [0.1, 0.15) is 15.6 Å². The normalized spacial score (nSPS) is 19.9. The molecule has 1 aromatic rings. The highest BCUT2D eigenvalue weighted by atomic mass is 32.1. The Kier molecular flexibility index (Phi) is 2.14. The molecule has 1 fully saturated rings. The minimum Gasteiger partial charge on any atom is -0.395 e. The van der Waals surface area contributed by atoms with Gasteiger partial charge in [0, 0.05) is 4.88 Å². The molecule has 0 saturated carbocycles. The lowest BCUT2D eigenvalue weighted by atomic mass is 9.88. The monoisotopic (exact) mass is 199 g/mol. The zero-order chi connectivity index (χ0) is 9.47. The summed E-state index contributed by atoms with van der Waals surface area (Å²) in [7, 11) is 0. The molecule has 3 nitrogen and oxygen atoms in total. The Balaban J connectivity index is 2.33. The van der Waals surface area contributed by atoms with Crippen molar-refractivity contribution in [1.29, 1.82) is 0 Å². The van der Waals surface area contributed by atoms with Crippen LogP contribution in [-0.4, -0.2) is 29.9 Å². The van der Waals surface area contributed by atoms with Crippen molar-refractivity contribution < 1.29 is 9.84 Å². The molecule has 4 heteroatoms. The van der Waals surface area contributed by atoms with Crippen LogP contribution < -0.4 is 0 Å². The lowest BCUT2D eigenvalue weighted by Crippen LogP contribution is -2.49. The van der Waals surface area contributed by atoms with Gasteiger partial charge >= 0.3 is 0 Å². The quantitative estimate of drug-likeness (QED) is 0.773. The third kappa shape index (κ3) is 1.29. The molecule has 2 heterocycles. The maximum Gasteiger partial charge on any atom is 0.106 e. The van der Waals surface area contributed by atoms with Crippen LogP contribution >= 0.6 is 11.3 Å². The van der Waals surface area contributed by atoms with Crippen LogP contribution in [0.3, 0.4) is 0 Å². The highest BCUT2D eigenvalue weighted by Crippen LogP contribution is 2.35. The standard InChI is InChI=1S/C9H13NO2S/c1-6-7(2)13-8(10-6)9(3-11)4-12-5-9/h11H,3-5H2,1-2H3. The predicted octanol–water partition coefficient (Wildman–Crippen LogP) is 1.02. The number of aliphatic hydroxyl groups is 1. The van der Waals surface area contributed by atoms with E-state index in [1.165, 1.54) is 4.88 Å². The Morgan fingerprint density at radius 3 is 2.54 bits per heavy atom. The lowest BCUT2D eigenvalue weighted by Gasteiger charge is -2.37. The van der Waals surface area contributed by atoms with Gasteiger partial charge in [0.05, 0.1) is 30.9 Å². The molecule has 0 bridgehead atoms. The van der Waals surface area contributed by atoms with Gasteiger partial charge in [-0.2, -0.15) is 0 Å². The molecule has 0 amide bonds. The second-order valence-electron chi connectivity index (χ2n) is 3.59. The van der Waals surface area contributed by atoms with E-state index < -0.39 is 0 Å². The molecule has 1 N–H and O–H groups in total. The molecule has 0 aromatic carbocycles. The molecular weight excluding hydrogens is 186 g/mol. The highest BCUT2D eigenvalue weighted by molar-refractivity contribution is 7.11. The lowest BCUT2D eigenvalue weighted by molar-refractivity contribution is -0.0842.